The van der Waals surface area contributed by atoms with Crippen LogP contribution in [0.4, 0.5) is 0 Å². The number of fused-ring (bicyclic) bond motifs is 1. The lowest BCUT2D eigenvalue weighted by Crippen LogP contribution is -2.25. The van der Waals surface area contributed by atoms with Crippen molar-refractivity contribution in [1.29, 1.82) is 0 Å². The van der Waals surface area contributed by atoms with Gasteiger partial charge in [-0.3, -0.25) is 4.57 Å². The Hall–Kier alpha value is -2.44. The van der Waals surface area contributed by atoms with Crippen LogP contribution in [0.3, 0.4) is 0 Å². The van der Waals surface area contributed by atoms with Crippen LogP contribution in [0, 0.1) is 0 Å². The molecule has 0 amide bonds. The van der Waals surface area contributed by atoms with Gasteiger partial charge in [0.25, 0.3) is 0 Å². The van der Waals surface area contributed by atoms with Crippen LogP contribution >= 0.6 is 23.4 Å². The van der Waals surface area contributed by atoms with Gasteiger partial charge in [-0.1, -0.05) is 53.7 Å². The molecular formula is C20H18ClN3O2S. The molecule has 0 saturated carbocycles. The van der Waals surface area contributed by atoms with Crippen molar-refractivity contribution in [3.05, 3.63) is 77.6 Å². The lowest BCUT2D eigenvalue weighted by atomic mass is 10.2. The highest BCUT2D eigenvalue weighted by molar-refractivity contribution is 7.98. The van der Waals surface area contributed by atoms with E-state index in [1.165, 1.54) is 0 Å². The molecule has 0 bridgehead atoms. The van der Waals surface area contributed by atoms with Gasteiger partial charge in [-0.25, -0.2) is 0 Å². The van der Waals surface area contributed by atoms with E-state index < -0.39 is 0 Å². The Kier molecular flexibility index (Phi) is 5.36. The molecule has 5 nitrogen and oxygen atoms in total. The fraction of sp³-hybridized carbons (Fsp3) is 0.200. The molecule has 3 aromatic rings. The summed E-state index contributed by atoms with van der Waals surface area (Å²) in [5, 5.41) is 10.3. The molecule has 0 saturated heterocycles. The van der Waals surface area contributed by atoms with E-state index in [4.69, 9.17) is 21.1 Å². The third-order valence-corrected chi connectivity index (χ3v) is 5.38. The molecule has 1 atom stereocenters. The summed E-state index contributed by atoms with van der Waals surface area (Å²) in [6.45, 7) is 4.85. The van der Waals surface area contributed by atoms with Crippen LogP contribution in [-0.2, 0) is 12.3 Å². The van der Waals surface area contributed by atoms with Crippen molar-refractivity contribution in [1.82, 2.24) is 14.8 Å². The molecule has 1 aliphatic heterocycles. The molecular weight excluding hydrogens is 382 g/mol. The van der Waals surface area contributed by atoms with Crippen LogP contribution in [0.5, 0.6) is 11.5 Å². The van der Waals surface area contributed by atoms with Crippen molar-refractivity contribution in [2.75, 3.05) is 6.61 Å². The molecule has 1 aliphatic rings. The number of nitrogens with zero attached hydrogens (tertiary/aromatic N) is 3. The fourth-order valence-electron chi connectivity index (χ4n) is 2.87. The fourth-order valence-corrected chi connectivity index (χ4v) is 3.98. The molecule has 0 radical (unpaired) electrons. The van der Waals surface area contributed by atoms with Gasteiger partial charge in [0.1, 0.15) is 6.61 Å². The van der Waals surface area contributed by atoms with Gasteiger partial charge >= 0.3 is 0 Å². The average molecular weight is 400 g/mol. The van der Waals surface area contributed by atoms with Gasteiger partial charge in [0.05, 0.1) is 0 Å². The summed E-state index contributed by atoms with van der Waals surface area (Å²) < 4.78 is 13.9. The van der Waals surface area contributed by atoms with E-state index in [-0.39, 0.29) is 6.10 Å². The normalized spacial score (nSPS) is 15.5. The number of para-hydroxylation sites is 2. The first kappa shape index (κ1) is 17.9. The Bertz CT molecular complexity index is 960. The number of rotatable bonds is 6. The van der Waals surface area contributed by atoms with Gasteiger partial charge in [0.15, 0.2) is 28.6 Å². The standard InChI is InChI=1S/C20H18ClN3O2S/c1-2-10-24-19(18-12-25-16-8-3-4-9-17(16)26-18)22-23-20(24)27-13-14-6-5-7-15(21)11-14/h2-9,11,18H,1,10,12-13H2/t18-/m1/s1. The first-order chi connectivity index (χ1) is 13.2. The first-order valence-corrected chi connectivity index (χ1v) is 9.90. The van der Waals surface area contributed by atoms with E-state index in [1.807, 2.05) is 59.2 Å². The van der Waals surface area contributed by atoms with Gasteiger partial charge in [0.2, 0.25) is 0 Å². The van der Waals surface area contributed by atoms with Gasteiger partial charge in [-0.05, 0) is 29.8 Å². The van der Waals surface area contributed by atoms with Crippen LogP contribution in [-0.4, -0.2) is 21.4 Å². The predicted octanol–water partition coefficient (Wildman–Crippen LogP) is 4.92. The van der Waals surface area contributed by atoms with Crippen LogP contribution in [0.1, 0.15) is 17.5 Å². The van der Waals surface area contributed by atoms with Gasteiger partial charge in [-0.15, -0.1) is 16.8 Å². The van der Waals surface area contributed by atoms with Crippen molar-refractivity contribution in [2.45, 2.75) is 23.6 Å². The van der Waals surface area contributed by atoms with E-state index >= 15 is 0 Å². The highest BCUT2D eigenvalue weighted by Crippen LogP contribution is 2.36. The zero-order valence-electron chi connectivity index (χ0n) is 14.5. The van der Waals surface area contributed by atoms with Gasteiger partial charge < -0.3 is 9.47 Å². The van der Waals surface area contributed by atoms with E-state index in [0.29, 0.717) is 13.2 Å². The van der Waals surface area contributed by atoms with Crippen LogP contribution in [0.2, 0.25) is 5.02 Å². The number of ether oxygens (including phenoxy) is 2. The first-order valence-electron chi connectivity index (χ1n) is 8.54. The Labute approximate surface area is 167 Å². The molecule has 1 aromatic heterocycles. The number of benzene rings is 2. The minimum Gasteiger partial charge on any atom is -0.485 e. The number of halogens is 1. The molecule has 0 spiro atoms. The summed E-state index contributed by atoms with van der Waals surface area (Å²) in [6, 6.07) is 15.5. The monoisotopic (exact) mass is 399 g/mol. The highest BCUT2D eigenvalue weighted by Gasteiger charge is 2.28. The van der Waals surface area contributed by atoms with E-state index in [2.05, 4.69) is 16.8 Å². The van der Waals surface area contributed by atoms with Crippen LogP contribution in [0.15, 0.2) is 66.3 Å². The lowest BCUT2D eigenvalue weighted by molar-refractivity contribution is 0.0821. The van der Waals surface area contributed by atoms with E-state index in [1.54, 1.807) is 11.8 Å². The summed E-state index contributed by atoms with van der Waals surface area (Å²) in [5.41, 5.74) is 1.13. The Morgan fingerprint density at radius 2 is 2.04 bits per heavy atom. The summed E-state index contributed by atoms with van der Waals surface area (Å²) in [5.74, 6) is 2.95. The molecule has 2 aromatic carbocycles. The summed E-state index contributed by atoms with van der Waals surface area (Å²) >= 11 is 7.67. The maximum atomic E-state index is 6.09. The van der Waals surface area contributed by atoms with Gasteiger partial charge in [-0.2, -0.15) is 0 Å². The van der Waals surface area contributed by atoms with E-state index in [9.17, 15) is 0 Å². The summed E-state index contributed by atoms with van der Waals surface area (Å²) in [6.07, 6.45) is 1.52. The Balaban J connectivity index is 1.55. The summed E-state index contributed by atoms with van der Waals surface area (Å²) in [4.78, 5) is 0. The molecule has 0 unspecified atom stereocenters. The molecule has 0 fully saturated rings. The van der Waals surface area contributed by atoms with Crippen molar-refractivity contribution >= 4 is 23.4 Å². The highest BCUT2D eigenvalue weighted by atomic mass is 35.5. The van der Waals surface area contributed by atoms with Crippen molar-refractivity contribution in [3.8, 4) is 11.5 Å². The molecule has 0 aliphatic carbocycles. The average Bonchev–Trinajstić information content (AvgIpc) is 3.09. The third-order valence-electron chi connectivity index (χ3n) is 4.11. The second-order valence-corrected chi connectivity index (χ2v) is 7.40. The number of hydrogen-bond acceptors (Lipinski definition) is 5. The minimum absolute atomic E-state index is 0.312. The zero-order valence-corrected chi connectivity index (χ0v) is 16.1. The SMILES string of the molecule is C=CCn1c(SCc2cccc(Cl)c2)nnc1[C@H]1COc2ccccc2O1. The number of thioether (sulfide) groups is 1. The van der Waals surface area contributed by atoms with Crippen LogP contribution in [0.25, 0.3) is 0 Å². The zero-order chi connectivity index (χ0) is 18.6. The maximum Gasteiger partial charge on any atom is 0.192 e. The second-order valence-electron chi connectivity index (χ2n) is 6.02. The molecule has 4 rings (SSSR count). The molecule has 138 valence electrons. The second kappa shape index (κ2) is 8.06. The van der Waals surface area contributed by atoms with Crippen molar-refractivity contribution in [3.63, 3.8) is 0 Å². The molecule has 7 heteroatoms. The quantitative estimate of drug-likeness (QED) is 0.435. The lowest BCUT2D eigenvalue weighted by Gasteiger charge is -2.26. The maximum absolute atomic E-state index is 6.09. The smallest absolute Gasteiger partial charge is 0.192 e. The number of hydrogen-bond donors (Lipinski definition) is 0. The topological polar surface area (TPSA) is 49.2 Å². The molecule has 2 heterocycles. The van der Waals surface area contributed by atoms with Crippen LogP contribution < -0.4 is 9.47 Å². The predicted molar refractivity (Wildman–Crippen MR) is 107 cm³/mol. The largest absolute Gasteiger partial charge is 0.485 e. The summed E-state index contributed by atoms with van der Waals surface area (Å²) in [7, 11) is 0. The Morgan fingerprint density at radius 3 is 2.85 bits per heavy atom. The van der Waals surface area contributed by atoms with Crippen molar-refractivity contribution < 1.29 is 9.47 Å². The Morgan fingerprint density at radius 1 is 1.19 bits per heavy atom. The third kappa shape index (κ3) is 3.96. The molecule has 27 heavy (non-hydrogen) atoms. The van der Waals surface area contributed by atoms with E-state index in [0.717, 1.165) is 38.8 Å². The van der Waals surface area contributed by atoms with Gasteiger partial charge in [0, 0.05) is 17.3 Å². The minimum atomic E-state index is -0.312. The molecule has 0 N–H and O–H groups in total. The van der Waals surface area contributed by atoms with Crippen molar-refractivity contribution in [2.24, 2.45) is 0 Å². The number of aromatic nitrogens is 3. The number of allylic oxidation sites excluding steroid dienone is 1.